The summed E-state index contributed by atoms with van der Waals surface area (Å²) in [4.78, 5) is 42.5. The third kappa shape index (κ3) is 3.37. The molecule has 0 aromatic heterocycles. The molecular formula is C22H25N5O7S. The molecule has 4 aliphatic rings. The molecule has 1 aliphatic carbocycles. The third-order valence-corrected chi connectivity index (χ3v) is 7.60. The zero-order valence-corrected chi connectivity index (χ0v) is 20.0. The maximum atomic E-state index is 14.0. The number of rotatable bonds is 7. The van der Waals surface area contributed by atoms with Gasteiger partial charge in [-0.05, 0) is 31.2 Å². The van der Waals surface area contributed by atoms with Crippen molar-refractivity contribution in [1.82, 2.24) is 10.2 Å². The molecule has 0 radical (unpaired) electrons. The summed E-state index contributed by atoms with van der Waals surface area (Å²) in [5, 5.41) is 3.32. The second-order valence-electron chi connectivity index (χ2n) is 8.85. The Morgan fingerprint density at radius 3 is 2.63 bits per heavy atom. The normalized spacial score (nSPS) is 29.6. The van der Waals surface area contributed by atoms with E-state index in [1.165, 1.54) is 7.11 Å². The summed E-state index contributed by atoms with van der Waals surface area (Å²) in [6.45, 7) is 1.89. The zero-order valence-electron chi connectivity index (χ0n) is 19.2. The molecule has 1 aromatic rings. The van der Waals surface area contributed by atoms with Crippen LogP contribution in [0, 0.1) is 5.92 Å². The Labute approximate surface area is 203 Å². The van der Waals surface area contributed by atoms with Gasteiger partial charge in [-0.15, -0.1) is 0 Å². The van der Waals surface area contributed by atoms with Gasteiger partial charge in [-0.3, -0.25) is 18.9 Å². The van der Waals surface area contributed by atoms with Gasteiger partial charge in [0, 0.05) is 49.3 Å². The number of nitrogens with two attached hydrogens (primary N) is 1. The van der Waals surface area contributed by atoms with Crippen molar-refractivity contribution in [3.05, 3.63) is 46.8 Å². The molecule has 0 saturated carbocycles. The summed E-state index contributed by atoms with van der Waals surface area (Å²) in [6, 6.07) is 6.48. The fraction of sp³-hybridized carbons (Fsp3) is 0.409. The molecule has 2 saturated heterocycles. The maximum Gasteiger partial charge on any atom is 0.404 e. The summed E-state index contributed by atoms with van der Waals surface area (Å²) >= 11 is -2.22. The van der Waals surface area contributed by atoms with Crippen LogP contribution in [-0.2, 0) is 30.3 Å². The molecule has 0 bridgehead atoms. The van der Waals surface area contributed by atoms with E-state index in [0.717, 1.165) is 0 Å². The van der Waals surface area contributed by atoms with E-state index in [0.29, 0.717) is 17.9 Å². The number of ether oxygens (including phenoxy) is 2. The van der Waals surface area contributed by atoms with Gasteiger partial charge >= 0.3 is 6.09 Å². The van der Waals surface area contributed by atoms with Crippen molar-refractivity contribution in [2.24, 2.45) is 11.7 Å². The minimum atomic E-state index is -2.22. The first-order valence-electron chi connectivity index (χ1n) is 10.9. The SMILES string of the molecule is COC12C(COC(N)=O)C3=C(C(=O)C(C)=C(N(C)c4ccc(NS(=O)O)cc4)C3=O)N1CC1NC12. The number of hydrogen-bond donors (Lipinski definition) is 4. The third-order valence-electron chi connectivity index (χ3n) is 7.19. The fourth-order valence-electron chi connectivity index (χ4n) is 5.66. The molecule has 5 rings (SSSR count). The molecule has 2 fully saturated rings. The second-order valence-corrected chi connectivity index (χ2v) is 9.55. The van der Waals surface area contributed by atoms with Gasteiger partial charge in [0.1, 0.15) is 6.61 Å². The standard InChI is InChI=1S/C22H25N5O7S/c1-10-16(26(2)12-6-4-11(5-7-12)25-35(31)32)19(29)15-13(9-34-21(23)30)22(33-3)20-14(24-20)8-27(22)17(15)18(10)28/h4-7,13-14,20,24-25H,8-9H2,1-3H3,(H2,23,30)(H,31,32). The first-order chi connectivity index (χ1) is 16.6. The molecule has 35 heavy (non-hydrogen) atoms. The van der Waals surface area contributed by atoms with Crippen molar-refractivity contribution in [3.8, 4) is 0 Å². The van der Waals surface area contributed by atoms with Crippen LogP contribution in [0.3, 0.4) is 0 Å². The van der Waals surface area contributed by atoms with Crippen LogP contribution in [0.2, 0.25) is 0 Å². The first kappa shape index (κ1) is 23.5. The number of nitrogens with one attached hydrogen (secondary N) is 2. The minimum absolute atomic E-state index is 0.108. The lowest BCUT2D eigenvalue weighted by atomic mass is 9.82. The number of piperazine rings is 1. The number of likely N-dealkylation sites (N-methyl/N-ethyl adjacent to an activating group) is 1. The second kappa shape index (κ2) is 8.16. The van der Waals surface area contributed by atoms with Crippen LogP contribution in [0.1, 0.15) is 6.92 Å². The number of methoxy groups -OCH3 is 1. The van der Waals surface area contributed by atoms with E-state index in [1.54, 1.807) is 43.1 Å². The van der Waals surface area contributed by atoms with E-state index in [2.05, 4.69) is 10.0 Å². The molecule has 3 heterocycles. The number of nitrogens with zero attached hydrogens (tertiary/aromatic N) is 2. The zero-order chi connectivity index (χ0) is 25.2. The lowest BCUT2D eigenvalue weighted by Gasteiger charge is -2.39. The molecule has 12 nitrogen and oxygen atoms in total. The van der Waals surface area contributed by atoms with Gasteiger partial charge in [-0.25, -0.2) is 9.00 Å². The van der Waals surface area contributed by atoms with Gasteiger partial charge in [-0.2, -0.15) is 0 Å². The number of anilines is 2. The van der Waals surface area contributed by atoms with Gasteiger partial charge < -0.3 is 30.3 Å². The quantitative estimate of drug-likeness (QED) is 0.227. The molecule has 0 spiro atoms. The topological polar surface area (TPSA) is 173 Å². The molecule has 3 aliphatic heterocycles. The number of benzene rings is 1. The van der Waals surface area contributed by atoms with Gasteiger partial charge in [-0.1, -0.05) is 0 Å². The van der Waals surface area contributed by atoms with E-state index >= 15 is 0 Å². The Hall–Kier alpha value is -3.26. The lowest BCUT2D eigenvalue weighted by molar-refractivity contribution is -0.137. The number of hydrogen-bond acceptors (Lipinski definition) is 9. The highest BCUT2D eigenvalue weighted by molar-refractivity contribution is 7.80. The van der Waals surface area contributed by atoms with E-state index in [-0.39, 0.29) is 52.8 Å². The summed E-state index contributed by atoms with van der Waals surface area (Å²) in [7, 11) is 3.18. The molecular weight excluding hydrogens is 478 g/mol. The Balaban J connectivity index is 1.53. The van der Waals surface area contributed by atoms with Crippen LogP contribution in [0.4, 0.5) is 16.2 Å². The smallest absolute Gasteiger partial charge is 0.404 e. The number of carbonyl (C=O) groups excluding carboxylic acids is 3. The van der Waals surface area contributed by atoms with Crippen molar-refractivity contribution >= 4 is 40.3 Å². The summed E-state index contributed by atoms with van der Waals surface area (Å²) in [5.41, 5.74) is 6.19. The van der Waals surface area contributed by atoms with Crippen LogP contribution >= 0.6 is 0 Å². The van der Waals surface area contributed by atoms with E-state index < -0.39 is 29.0 Å². The molecule has 1 aromatic carbocycles. The van der Waals surface area contributed by atoms with Gasteiger partial charge in [0.15, 0.2) is 5.72 Å². The highest BCUT2D eigenvalue weighted by Crippen LogP contribution is 2.56. The van der Waals surface area contributed by atoms with Crippen molar-refractivity contribution in [2.45, 2.75) is 24.7 Å². The average Bonchev–Trinajstić information content (AvgIpc) is 3.42. The number of Topliss-reactive ketones (excluding diaryl/α,β-unsaturated/α-hetero) is 2. The summed E-state index contributed by atoms with van der Waals surface area (Å²) in [6.07, 6.45) is -0.980. The number of ketones is 2. The van der Waals surface area contributed by atoms with E-state index in [1.807, 2.05) is 4.90 Å². The minimum Gasteiger partial charge on any atom is -0.449 e. The molecule has 186 valence electrons. The molecule has 1 amide bonds. The van der Waals surface area contributed by atoms with Crippen LogP contribution in [0.5, 0.6) is 0 Å². The number of carbonyl (C=O) groups is 3. The summed E-state index contributed by atoms with van der Waals surface area (Å²) < 4.78 is 33.5. The van der Waals surface area contributed by atoms with Crippen molar-refractivity contribution in [1.29, 1.82) is 0 Å². The average molecular weight is 504 g/mol. The maximum absolute atomic E-state index is 14.0. The Morgan fingerprint density at radius 2 is 2.03 bits per heavy atom. The number of allylic oxidation sites excluding steroid dienone is 2. The highest BCUT2D eigenvalue weighted by Gasteiger charge is 2.72. The van der Waals surface area contributed by atoms with Crippen molar-refractivity contribution < 1.29 is 32.6 Å². The van der Waals surface area contributed by atoms with Crippen molar-refractivity contribution in [2.75, 3.05) is 36.9 Å². The lowest BCUT2D eigenvalue weighted by Crippen LogP contribution is -2.55. The molecule has 5 atom stereocenters. The van der Waals surface area contributed by atoms with Gasteiger partial charge in [0.05, 0.1) is 23.4 Å². The Morgan fingerprint density at radius 1 is 1.34 bits per heavy atom. The number of fused-ring (bicyclic) bond motifs is 4. The molecule has 5 unspecified atom stereocenters. The fourth-order valence-corrected chi connectivity index (χ4v) is 6.00. The molecule has 13 heteroatoms. The van der Waals surface area contributed by atoms with Crippen molar-refractivity contribution in [3.63, 3.8) is 0 Å². The van der Waals surface area contributed by atoms with Crippen LogP contribution in [0.25, 0.3) is 0 Å². The summed E-state index contributed by atoms with van der Waals surface area (Å²) in [5.74, 6) is -1.38. The van der Waals surface area contributed by atoms with Crippen LogP contribution < -0.4 is 20.7 Å². The number of primary amides is 1. The first-order valence-corrected chi connectivity index (χ1v) is 12.0. The van der Waals surface area contributed by atoms with Crippen LogP contribution in [0.15, 0.2) is 46.8 Å². The Kier molecular flexibility index (Phi) is 5.47. The van der Waals surface area contributed by atoms with E-state index in [9.17, 15) is 18.6 Å². The molecule has 5 N–H and O–H groups in total. The van der Waals surface area contributed by atoms with Gasteiger partial charge in [0.25, 0.3) is 11.3 Å². The predicted octanol–water partition coefficient (Wildman–Crippen LogP) is 0.0751. The van der Waals surface area contributed by atoms with Gasteiger partial charge in [0.2, 0.25) is 11.6 Å². The van der Waals surface area contributed by atoms with E-state index in [4.69, 9.17) is 19.8 Å². The monoisotopic (exact) mass is 503 g/mol. The predicted molar refractivity (Wildman–Crippen MR) is 125 cm³/mol. The highest BCUT2D eigenvalue weighted by atomic mass is 32.2. The number of amides is 1. The Bertz CT molecular complexity index is 1230. The van der Waals surface area contributed by atoms with Crippen LogP contribution in [-0.4, -0.2) is 76.4 Å². The largest absolute Gasteiger partial charge is 0.449 e.